The molecule has 2 N–H and O–H groups in total. The normalized spacial score (nSPS) is 17.4. The number of methoxy groups -OCH3 is 1. The van der Waals surface area contributed by atoms with Crippen LogP contribution in [-0.2, 0) is 10.2 Å². The van der Waals surface area contributed by atoms with Gasteiger partial charge in [-0.3, -0.25) is 0 Å². The number of hydrogen-bond donors (Lipinski definition) is 2. The quantitative estimate of drug-likeness (QED) is 0.767. The summed E-state index contributed by atoms with van der Waals surface area (Å²) in [6.45, 7) is 0.594. The van der Waals surface area contributed by atoms with Crippen LogP contribution in [0.15, 0.2) is 27.5 Å². The maximum Gasteiger partial charge on any atom is 0.323 e. The van der Waals surface area contributed by atoms with Gasteiger partial charge < -0.3 is 19.2 Å². The number of rotatable bonds is 4. The van der Waals surface area contributed by atoms with Crippen LogP contribution in [0.1, 0.15) is 37.9 Å². The number of benzene rings is 1. The fraction of sp³-hybridized carbons (Fsp3) is 0.471. The highest BCUT2D eigenvalue weighted by molar-refractivity contribution is 5.89. The molecule has 3 aromatic rings. The molecule has 0 aliphatic heterocycles. The number of imidazole rings is 1. The number of nitrogens with one attached hydrogen (secondary N) is 2. The summed E-state index contributed by atoms with van der Waals surface area (Å²) in [5.41, 5.74) is 1.71. The van der Waals surface area contributed by atoms with Crippen LogP contribution < -0.4 is 5.69 Å². The Morgan fingerprint density at radius 3 is 2.88 bits per heavy atom. The molecule has 1 aromatic carbocycles. The molecule has 1 fully saturated rings. The van der Waals surface area contributed by atoms with E-state index in [9.17, 15) is 4.79 Å². The first-order valence-corrected chi connectivity index (χ1v) is 8.26. The van der Waals surface area contributed by atoms with E-state index >= 15 is 0 Å². The Morgan fingerprint density at radius 1 is 1.25 bits per heavy atom. The standard InChI is InChI=1S/C17H20N4O3/c1-23-10-17(8-3-2-4-9-17)15-20-14(24-21-15)11-6-5-7-12-13(11)19-16(22)18-12/h5-7H,2-4,8-10H2,1H3,(H2,18,19,22). The van der Waals surface area contributed by atoms with E-state index in [0.29, 0.717) is 23.8 Å². The van der Waals surface area contributed by atoms with E-state index in [1.807, 2.05) is 18.2 Å². The number of hydrogen-bond acceptors (Lipinski definition) is 5. The van der Waals surface area contributed by atoms with E-state index in [1.54, 1.807) is 7.11 Å². The Hall–Kier alpha value is -2.41. The molecule has 4 rings (SSSR count). The molecular formula is C17H20N4O3. The van der Waals surface area contributed by atoms with Gasteiger partial charge >= 0.3 is 5.69 Å². The zero-order valence-corrected chi connectivity index (χ0v) is 13.6. The molecule has 0 amide bonds. The molecule has 2 heterocycles. The van der Waals surface area contributed by atoms with Gasteiger partial charge in [0.2, 0.25) is 0 Å². The van der Waals surface area contributed by atoms with E-state index in [-0.39, 0.29) is 11.1 Å². The summed E-state index contributed by atoms with van der Waals surface area (Å²) in [6.07, 6.45) is 5.54. The van der Waals surface area contributed by atoms with Crippen molar-refractivity contribution < 1.29 is 9.26 Å². The van der Waals surface area contributed by atoms with Crippen molar-refractivity contribution in [3.05, 3.63) is 34.5 Å². The van der Waals surface area contributed by atoms with Crippen LogP contribution >= 0.6 is 0 Å². The molecule has 7 heteroatoms. The Balaban J connectivity index is 1.77. The summed E-state index contributed by atoms with van der Waals surface area (Å²) >= 11 is 0. The van der Waals surface area contributed by atoms with Crippen molar-refractivity contribution in [2.45, 2.75) is 37.5 Å². The van der Waals surface area contributed by atoms with E-state index < -0.39 is 0 Å². The molecule has 0 radical (unpaired) electrons. The molecule has 0 atom stereocenters. The minimum absolute atomic E-state index is 0.172. The predicted octanol–water partition coefficient (Wildman–Crippen LogP) is 2.75. The average molecular weight is 328 g/mol. The lowest BCUT2D eigenvalue weighted by Gasteiger charge is -2.33. The fourth-order valence-corrected chi connectivity index (χ4v) is 3.72. The summed E-state index contributed by atoms with van der Waals surface area (Å²) in [5, 5.41) is 4.25. The van der Waals surface area contributed by atoms with Crippen molar-refractivity contribution in [1.82, 2.24) is 20.1 Å². The van der Waals surface area contributed by atoms with Gasteiger partial charge in [0.1, 0.15) is 0 Å². The van der Waals surface area contributed by atoms with Gasteiger partial charge in [0.15, 0.2) is 5.82 Å². The van der Waals surface area contributed by atoms with Crippen LogP contribution in [-0.4, -0.2) is 33.8 Å². The number of fused-ring (bicyclic) bond motifs is 1. The van der Waals surface area contributed by atoms with Crippen molar-refractivity contribution in [3.63, 3.8) is 0 Å². The minimum Gasteiger partial charge on any atom is -0.384 e. The van der Waals surface area contributed by atoms with Crippen LogP contribution in [0, 0.1) is 0 Å². The molecule has 1 aliphatic carbocycles. The van der Waals surface area contributed by atoms with E-state index in [0.717, 1.165) is 36.8 Å². The molecule has 1 saturated carbocycles. The number of nitrogens with zero attached hydrogens (tertiary/aromatic N) is 2. The van der Waals surface area contributed by atoms with Gasteiger partial charge in [-0.05, 0) is 25.0 Å². The summed E-state index contributed by atoms with van der Waals surface area (Å²) in [7, 11) is 1.71. The van der Waals surface area contributed by atoms with Crippen LogP contribution in [0.4, 0.5) is 0 Å². The molecule has 0 saturated heterocycles. The average Bonchev–Trinajstić information content (AvgIpc) is 3.21. The van der Waals surface area contributed by atoms with Crippen LogP contribution in [0.5, 0.6) is 0 Å². The van der Waals surface area contributed by atoms with Crippen molar-refractivity contribution in [2.75, 3.05) is 13.7 Å². The van der Waals surface area contributed by atoms with Gasteiger partial charge in [-0.15, -0.1) is 0 Å². The number of aromatic amines is 2. The number of ether oxygens (including phenoxy) is 1. The van der Waals surface area contributed by atoms with E-state index in [4.69, 9.17) is 9.26 Å². The van der Waals surface area contributed by atoms with Crippen LogP contribution in [0.2, 0.25) is 0 Å². The summed E-state index contributed by atoms with van der Waals surface area (Å²) in [6, 6.07) is 5.56. The smallest absolute Gasteiger partial charge is 0.323 e. The van der Waals surface area contributed by atoms with Gasteiger partial charge in [0.25, 0.3) is 5.89 Å². The second kappa shape index (κ2) is 5.90. The molecule has 1 aliphatic rings. The lowest BCUT2D eigenvalue weighted by molar-refractivity contribution is 0.0961. The lowest BCUT2D eigenvalue weighted by atomic mass is 9.74. The lowest BCUT2D eigenvalue weighted by Crippen LogP contribution is -2.35. The molecule has 126 valence electrons. The zero-order chi connectivity index (χ0) is 16.6. The molecule has 0 bridgehead atoms. The first-order valence-electron chi connectivity index (χ1n) is 8.26. The largest absolute Gasteiger partial charge is 0.384 e. The highest BCUT2D eigenvalue weighted by Gasteiger charge is 2.38. The molecule has 0 spiro atoms. The first kappa shape index (κ1) is 15.1. The van der Waals surface area contributed by atoms with Crippen molar-refractivity contribution >= 4 is 11.0 Å². The molecule has 2 aromatic heterocycles. The first-order chi connectivity index (χ1) is 11.7. The number of H-pyrrole nitrogens is 2. The highest BCUT2D eigenvalue weighted by atomic mass is 16.5. The Morgan fingerprint density at radius 2 is 2.08 bits per heavy atom. The second-order valence-corrected chi connectivity index (χ2v) is 6.50. The van der Waals surface area contributed by atoms with Crippen molar-refractivity contribution in [3.8, 4) is 11.5 Å². The van der Waals surface area contributed by atoms with Gasteiger partial charge in [0.05, 0.1) is 28.6 Å². The SMILES string of the molecule is COCC1(c2noc(-c3cccc4[nH]c(=O)[nH]c34)n2)CCCCC1. The summed E-state index contributed by atoms with van der Waals surface area (Å²) < 4.78 is 11.0. The van der Waals surface area contributed by atoms with Crippen molar-refractivity contribution in [2.24, 2.45) is 0 Å². The molecule has 0 unspecified atom stereocenters. The number of para-hydroxylation sites is 1. The second-order valence-electron chi connectivity index (χ2n) is 6.50. The van der Waals surface area contributed by atoms with Gasteiger partial charge in [0, 0.05) is 7.11 Å². The third-order valence-corrected chi connectivity index (χ3v) is 4.91. The van der Waals surface area contributed by atoms with Gasteiger partial charge in [-0.1, -0.05) is 30.5 Å². The monoisotopic (exact) mass is 328 g/mol. The summed E-state index contributed by atoms with van der Waals surface area (Å²) in [5.74, 6) is 1.13. The number of aromatic nitrogens is 4. The Labute approximate surface area is 138 Å². The molecular weight excluding hydrogens is 308 g/mol. The maximum absolute atomic E-state index is 11.6. The third-order valence-electron chi connectivity index (χ3n) is 4.91. The molecule has 7 nitrogen and oxygen atoms in total. The Bertz CT molecular complexity index is 896. The van der Waals surface area contributed by atoms with E-state index in [1.165, 1.54) is 6.42 Å². The van der Waals surface area contributed by atoms with Crippen LogP contribution in [0.25, 0.3) is 22.5 Å². The van der Waals surface area contributed by atoms with E-state index in [2.05, 4.69) is 20.1 Å². The van der Waals surface area contributed by atoms with Gasteiger partial charge in [-0.25, -0.2) is 4.79 Å². The van der Waals surface area contributed by atoms with Crippen LogP contribution in [0.3, 0.4) is 0 Å². The maximum atomic E-state index is 11.6. The minimum atomic E-state index is -0.250. The summed E-state index contributed by atoms with van der Waals surface area (Å²) in [4.78, 5) is 21.8. The topological polar surface area (TPSA) is 96.8 Å². The Kier molecular flexibility index (Phi) is 3.72. The highest BCUT2D eigenvalue weighted by Crippen LogP contribution is 2.39. The third kappa shape index (κ3) is 2.45. The zero-order valence-electron chi connectivity index (χ0n) is 13.6. The van der Waals surface area contributed by atoms with Crippen molar-refractivity contribution in [1.29, 1.82) is 0 Å². The molecule has 24 heavy (non-hydrogen) atoms. The predicted molar refractivity (Wildman–Crippen MR) is 88.9 cm³/mol. The van der Waals surface area contributed by atoms with Gasteiger partial charge in [-0.2, -0.15) is 4.98 Å². The fourth-order valence-electron chi connectivity index (χ4n) is 3.72.